The SMILES string of the molecule is Cc1ccc(CC2(CNC(C)C)CCC2)cc1. The Labute approximate surface area is 106 Å². The lowest BCUT2D eigenvalue weighted by atomic mass is 9.65. The van der Waals surface area contributed by atoms with Gasteiger partial charge in [0.2, 0.25) is 0 Å². The maximum absolute atomic E-state index is 3.62. The highest BCUT2D eigenvalue weighted by Crippen LogP contribution is 2.43. The van der Waals surface area contributed by atoms with E-state index in [1.807, 2.05) is 0 Å². The van der Waals surface area contributed by atoms with Crippen LogP contribution in [0.15, 0.2) is 24.3 Å². The minimum atomic E-state index is 0.541. The number of hydrogen-bond donors (Lipinski definition) is 1. The van der Waals surface area contributed by atoms with E-state index in [0.717, 1.165) is 0 Å². The summed E-state index contributed by atoms with van der Waals surface area (Å²) in [6.07, 6.45) is 5.43. The van der Waals surface area contributed by atoms with Crippen molar-refractivity contribution in [3.63, 3.8) is 0 Å². The van der Waals surface area contributed by atoms with Crippen LogP contribution in [0.4, 0.5) is 0 Å². The predicted octanol–water partition coefficient (Wildman–Crippen LogP) is 3.71. The highest BCUT2D eigenvalue weighted by Gasteiger charge is 2.36. The van der Waals surface area contributed by atoms with Gasteiger partial charge >= 0.3 is 0 Å². The van der Waals surface area contributed by atoms with Crippen LogP contribution in [-0.2, 0) is 6.42 Å². The number of rotatable bonds is 5. The fourth-order valence-electron chi connectivity index (χ4n) is 2.65. The van der Waals surface area contributed by atoms with Crippen LogP contribution in [0.2, 0.25) is 0 Å². The van der Waals surface area contributed by atoms with Gasteiger partial charge in [-0.15, -0.1) is 0 Å². The second-order valence-electron chi connectivity index (χ2n) is 6.05. The number of nitrogens with one attached hydrogen (secondary N) is 1. The van der Waals surface area contributed by atoms with Crippen LogP contribution in [0, 0.1) is 12.3 Å². The van der Waals surface area contributed by atoms with Crippen LogP contribution in [0.25, 0.3) is 0 Å². The Morgan fingerprint density at radius 2 is 1.82 bits per heavy atom. The lowest BCUT2D eigenvalue weighted by molar-refractivity contribution is 0.127. The first-order valence-electron chi connectivity index (χ1n) is 6.89. The van der Waals surface area contributed by atoms with E-state index in [9.17, 15) is 0 Å². The molecule has 0 radical (unpaired) electrons. The zero-order valence-corrected chi connectivity index (χ0v) is 11.4. The van der Waals surface area contributed by atoms with Gasteiger partial charge in [-0.2, -0.15) is 0 Å². The molecule has 1 aromatic rings. The first-order valence-corrected chi connectivity index (χ1v) is 6.89. The van der Waals surface area contributed by atoms with Crippen molar-refractivity contribution in [2.45, 2.75) is 52.5 Å². The molecule has 0 amide bonds. The predicted molar refractivity (Wildman–Crippen MR) is 74.3 cm³/mol. The molecule has 2 rings (SSSR count). The lowest BCUT2D eigenvalue weighted by Gasteiger charge is -2.43. The van der Waals surface area contributed by atoms with Crippen LogP contribution in [-0.4, -0.2) is 12.6 Å². The van der Waals surface area contributed by atoms with Gasteiger partial charge in [-0.25, -0.2) is 0 Å². The second kappa shape index (κ2) is 5.22. The molecule has 1 aliphatic rings. The van der Waals surface area contributed by atoms with Gasteiger partial charge in [-0.1, -0.05) is 50.1 Å². The Bertz CT molecular complexity index is 346. The van der Waals surface area contributed by atoms with Crippen molar-refractivity contribution in [3.8, 4) is 0 Å². The minimum absolute atomic E-state index is 0.541. The molecule has 0 aliphatic heterocycles. The standard InChI is InChI=1S/C16H25N/c1-13(2)17-12-16(9-4-10-16)11-15-7-5-14(3)6-8-15/h5-8,13,17H,4,9-12H2,1-3H3. The third-order valence-electron chi connectivity index (χ3n) is 4.00. The van der Waals surface area contributed by atoms with Gasteiger partial charge in [0.25, 0.3) is 0 Å². The van der Waals surface area contributed by atoms with Crippen LogP contribution in [0.1, 0.15) is 44.2 Å². The minimum Gasteiger partial charge on any atom is -0.314 e. The Morgan fingerprint density at radius 3 is 2.29 bits per heavy atom. The molecule has 0 heterocycles. The Hall–Kier alpha value is -0.820. The van der Waals surface area contributed by atoms with Crippen molar-refractivity contribution >= 4 is 0 Å². The van der Waals surface area contributed by atoms with E-state index >= 15 is 0 Å². The van der Waals surface area contributed by atoms with E-state index in [4.69, 9.17) is 0 Å². The summed E-state index contributed by atoms with van der Waals surface area (Å²) in [6.45, 7) is 7.80. The average molecular weight is 231 g/mol. The van der Waals surface area contributed by atoms with Crippen molar-refractivity contribution in [1.29, 1.82) is 0 Å². The van der Waals surface area contributed by atoms with Crippen molar-refractivity contribution in [2.75, 3.05) is 6.54 Å². The maximum Gasteiger partial charge on any atom is 0.00134 e. The molecule has 1 N–H and O–H groups in total. The fourth-order valence-corrected chi connectivity index (χ4v) is 2.65. The lowest BCUT2D eigenvalue weighted by Crippen LogP contribution is -2.43. The summed E-state index contributed by atoms with van der Waals surface area (Å²) in [4.78, 5) is 0. The molecule has 1 aromatic carbocycles. The Balaban J connectivity index is 1.96. The maximum atomic E-state index is 3.62. The molecule has 0 bridgehead atoms. The average Bonchev–Trinajstić information content (AvgIpc) is 2.24. The smallest absolute Gasteiger partial charge is 0.00134 e. The fraction of sp³-hybridized carbons (Fsp3) is 0.625. The zero-order valence-electron chi connectivity index (χ0n) is 11.4. The van der Waals surface area contributed by atoms with Crippen LogP contribution in [0.5, 0.6) is 0 Å². The van der Waals surface area contributed by atoms with Gasteiger partial charge in [-0.05, 0) is 37.2 Å². The van der Waals surface area contributed by atoms with E-state index in [0.29, 0.717) is 11.5 Å². The highest BCUT2D eigenvalue weighted by atomic mass is 14.9. The molecular weight excluding hydrogens is 206 g/mol. The third-order valence-corrected chi connectivity index (χ3v) is 4.00. The monoisotopic (exact) mass is 231 g/mol. The van der Waals surface area contributed by atoms with Gasteiger partial charge in [0.1, 0.15) is 0 Å². The molecule has 1 saturated carbocycles. The summed E-state index contributed by atoms with van der Waals surface area (Å²) in [7, 11) is 0. The van der Waals surface area contributed by atoms with E-state index in [1.54, 1.807) is 0 Å². The molecule has 1 nitrogen and oxygen atoms in total. The normalized spacial score (nSPS) is 18.1. The summed E-state index contributed by atoms with van der Waals surface area (Å²) in [5.41, 5.74) is 3.40. The van der Waals surface area contributed by atoms with E-state index in [-0.39, 0.29) is 0 Å². The van der Waals surface area contributed by atoms with E-state index in [1.165, 1.54) is 43.4 Å². The van der Waals surface area contributed by atoms with Crippen molar-refractivity contribution in [1.82, 2.24) is 5.32 Å². The van der Waals surface area contributed by atoms with Gasteiger partial charge in [0, 0.05) is 12.6 Å². The number of hydrogen-bond acceptors (Lipinski definition) is 1. The molecule has 0 atom stereocenters. The third kappa shape index (κ3) is 3.32. The summed E-state index contributed by atoms with van der Waals surface area (Å²) in [5, 5.41) is 3.62. The molecule has 1 heteroatoms. The first kappa shape index (κ1) is 12.6. The van der Waals surface area contributed by atoms with E-state index in [2.05, 4.69) is 50.4 Å². The molecule has 17 heavy (non-hydrogen) atoms. The molecule has 0 unspecified atom stereocenters. The van der Waals surface area contributed by atoms with Crippen molar-refractivity contribution in [3.05, 3.63) is 35.4 Å². The molecule has 0 saturated heterocycles. The van der Waals surface area contributed by atoms with Gasteiger partial charge < -0.3 is 5.32 Å². The largest absolute Gasteiger partial charge is 0.314 e. The Morgan fingerprint density at radius 1 is 1.18 bits per heavy atom. The summed E-state index contributed by atoms with van der Waals surface area (Å²) in [5.74, 6) is 0. The van der Waals surface area contributed by atoms with Gasteiger partial charge in [0.05, 0.1) is 0 Å². The summed E-state index contributed by atoms with van der Waals surface area (Å²) in [6, 6.07) is 9.66. The van der Waals surface area contributed by atoms with Crippen LogP contribution >= 0.6 is 0 Å². The molecule has 1 aliphatic carbocycles. The quantitative estimate of drug-likeness (QED) is 0.814. The topological polar surface area (TPSA) is 12.0 Å². The molecule has 0 aromatic heterocycles. The molecule has 0 spiro atoms. The van der Waals surface area contributed by atoms with Crippen LogP contribution in [0.3, 0.4) is 0 Å². The Kier molecular flexibility index (Phi) is 3.88. The number of benzene rings is 1. The zero-order chi connectivity index (χ0) is 12.3. The van der Waals surface area contributed by atoms with Crippen molar-refractivity contribution in [2.24, 2.45) is 5.41 Å². The van der Waals surface area contributed by atoms with Gasteiger partial charge in [0.15, 0.2) is 0 Å². The van der Waals surface area contributed by atoms with E-state index < -0.39 is 0 Å². The first-order chi connectivity index (χ1) is 8.10. The summed E-state index contributed by atoms with van der Waals surface area (Å²) < 4.78 is 0. The van der Waals surface area contributed by atoms with Crippen LogP contribution < -0.4 is 5.32 Å². The second-order valence-corrected chi connectivity index (χ2v) is 6.05. The summed E-state index contributed by atoms with van der Waals surface area (Å²) >= 11 is 0. The number of aryl methyl sites for hydroxylation is 1. The van der Waals surface area contributed by atoms with Gasteiger partial charge in [-0.3, -0.25) is 0 Å². The molecule has 1 fully saturated rings. The molecular formula is C16H25N. The molecule has 94 valence electrons. The highest BCUT2D eigenvalue weighted by molar-refractivity contribution is 5.23. The van der Waals surface area contributed by atoms with Crippen molar-refractivity contribution < 1.29 is 0 Å².